The molecule has 0 aliphatic rings. The topological polar surface area (TPSA) is 67.2 Å². The molecule has 0 atom stereocenters. The average molecular weight is 404 g/mol. The molecule has 27 heavy (non-hydrogen) atoms. The van der Waals surface area contributed by atoms with Gasteiger partial charge in [0.1, 0.15) is 5.82 Å². The van der Waals surface area contributed by atoms with Crippen LogP contribution in [0.15, 0.2) is 54.6 Å². The fraction of sp³-hybridized carbons (Fsp3) is 0.0500. The number of nitrogen functional groups attached to an aromatic ring is 1. The summed E-state index contributed by atoms with van der Waals surface area (Å²) in [5.41, 5.74) is 9.13. The number of benzene rings is 3. The Balaban J connectivity index is 1.86. The van der Waals surface area contributed by atoms with Gasteiger partial charge in [-0.2, -0.15) is 0 Å². The van der Waals surface area contributed by atoms with Gasteiger partial charge >= 0.3 is 0 Å². The number of para-hydroxylation sites is 1. The van der Waals surface area contributed by atoms with E-state index >= 15 is 0 Å². The maximum absolute atomic E-state index is 13.3. The van der Waals surface area contributed by atoms with Gasteiger partial charge < -0.3 is 16.4 Å². The number of nitrogens with two attached hydrogens (primary N) is 1. The molecule has 3 aromatic rings. The van der Waals surface area contributed by atoms with Crippen molar-refractivity contribution in [2.75, 3.05) is 16.4 Å². The quantitative estimate of drug-likeness (QED) is 0.466. The van der Waals surface area contributed by atoms with Gasteiger partial charge in [0.25, 0.3) is 5.91 Å². The van der Waals surface area contributed by atoms with Crippen LogP contribution in [-0.2, 0) is 0 Å². The molecule has 138 valence electrons. The molecule has 1 amide bonds. The Hall–Kier alpha value is -2.76. The first kappa shape index (κ1) is 19.0. The Kier molecular flexibility index (Phi) is 5.54. The standard InChI is InChI=1S/C20H16Cl2FN3O/c1-11-3-2-4-15(21)19(11)26-20(27)14-9-12(6-8-18(14)24)25-13-5-7-17(23)16(22)10-13/h2-10,25H,24H2,1H3,(H,26,27). The van der Waals surface area contributed by atoms with Gasteiger partial charge in [-0.1, -0.05) is 35.3 Å². The molecule has 0 bridgehead atoms. The van der Waals surface area contributed by atoms with Gasteiger partial charge in [-0.25, -0.2) is 4.39 Å². The molecular formula is C20H16Cl2FN3O. The molecule has 0 fully saturated rings. The van der Waals surface area contributed by atoms with Crippen molar-refractivity contribution in [3.05, 3.63) is 81.6 Å². The molecule has 0 saturated carbocycles. The highest BCUT2D eigenvalue weighted by Crippen LogP contribution is 2.28. The largest absolute Gasteiger partial charge is 0.398 e. The molecule has 0 aliphatic carbocycles. The van der Waals surface area contributed by atoms with Crippen molar-refractivity contribution in [3.8, 4) is 0 Å². The predicted octanol–water partition coefficient (Wildman–Crippen LogP) is 6.02. The van der Waals surface area contributed by atoms with Gasteiger partial charge in [0.2, 0.25) is 0 Å². The second-order valence-corrected chi connectivity index (χ2v) is 6.76. The molecule has 0 aliphatic heterocycles. The number of hydrogen-bond acceptors (Lipinski definition) is 3. The Labute approximate surface area is 166 Å². The third-order valence-corrected chi connectivity index (χ3v) is 4.57. The minimum Gasteiger partial charge on any atom is -0.398 e. The number of carbonyl (C=O) groups excluding carboxylic acids is 1. The summed E-state index contributed by atoms with van der Waals surface area (Å²) in [5, 5.41) is 6.31. The summed E-state index contributed by atoms with van der Waals surface area (Å²) < 4.78 is 13.3. The van der Waals surface area contributed by atoms with Crippen LogP contribution in [0.2, 0.25) is 10.0 Å². The van der Waals surface area contributed by atoms with E-state index in [0.29, 0.717) is 27.8 Å². The lowest BCUT2D eigenvalue weighted by Crippen LogP contribution is -2.15. The summed E-state index contributed by atoms with van der Waals surface area (Å²) in [6.07, 6.45) is 0. The molecular weight excluding hydrogens is 388 g/mol. The fourth-order valence-electron chi connectivity index (χ4n) is 2.54. The van der Waals surface area contributed by atoms with E-state index in [2.05, 4.69) is 10.6 Å². The second kappa shape index (κ2) is 7.86. The Bertz CT molecular complexity index is 1000. The van der Waals surface area contributed by atoms with Crippen molar-refractivity contribution in [2.45, 2.75) is 6.92 Å². The van der Waals surface area contributed by atoms with Crippen LogP contribution in [0.25, 0.3) is 0 Å². The van der Waals surface area contributed by atoms with Crippen LogP contribution >= 0.6 is 23.2 Å². The molecule has 7 heteroatoms. The Morgan fingerprint density at radius 2 is 1.70 bits per heavy atom. The summed E-state index contributed by atoms with van der Waals surface area (Å²) in [6.45, 7) is 1.85. The van der Waals surface area contributed by atoms with E-state index < -0.39 is 5.82 Å². The van der Waals surface area contributed by atoms with Crippen LogP contribution < -0.4 is 16.4 Å². The van der Waals surface area contributed by atoms with Crippen LogP contribution in [0.1, 0.15) is 15.9 Å². The second-order valence-electron chi connectivity index (χ2n) is 5.94. The third kappa shape index (κ3) is 4.32. The zero-order chi connectivity index (χ0) is 19.6. The minimum absolute atomic E-state index is 0.00241. The van der Waals surface area contributed by atoms with E-state index in [1.54, 1.807) is 36.4 Å². The molecule has 0 radical (unpaired) electrons. The number of halogens is 3. The SMILES string of the molecule is Cc1cccc(Cl)c1NC(=O)c1cc(Nc2ccc(F)c(Cl)c2)ccc1N. The van der Waals surface area contributed by atoms with Crippen molar-refractivity contribution in [1.82, 2.24) is 0 Å². The van der Waals surface area contributed by atoms with E-state index in [4.69, 9.17) is 28.9 Å². The van der Waals surface area contributed by atoms with Gasteiger partial charge in [-0.05, 0) is 55.0 Å². The number of anilines is 4. The molecule has 4 nitrogen and oxygen atoms in total. The molecule has 0 saturated heterocycles. The van der Waals surface area contributed by atoms with E-state index in [0.717, 1.165) is 5.56 Å². The van der Waals surface area contributed by atoms with Crippen molar-refractivity contribution in [3.63, 3.8) is 0 Å². The summed E-state index contributed by atoms with van der Waals surface area (Å²) in [5.74, 6) is -0.890. The first-order chi connectivity index (χ1) is 12.8. The Morgan fingerprint density at radius 1 is 1.00 bits per heavy atom. The first-order valence-electron chi connectivity index (χ1n) is 8.03. The monoisotopic (exact) mass is 403 g/mol. The van der Waals surface area contributed by atoms with Gasteiger partial charge in [-0.3, -0.25) is 4.79 Å². The maximum atomic E-state index is 13.3. The van der Waals surface area contributed by atoms with Gasteiger partial charge in [-0.15, -0.1) is 0 Å². The normalized spacial score (nSPS) is 10.5. The molecule has 0 unspecified atom stereocenters. The number of amides is 1. The third-order valence-electron chi connectivity index (χ3n) is 3.97. The molecule has 3 aromatic carbocycles. The molecule has 0 spiro atoms. The Morgan fingerprint density at radius 3 is 2.41 bits per heavy atom. The van der Waals surface area contributed by atoms with Crippen molar-refractivity contribution in [1.29, 1.82) is 0 Å². The van der Waals surface area contributed by atoms with Crippen molar-refractivity contribution < 1.29 is 9.18 Å². The van der Waals surface area contributed by atoms with Crippen LogP contribution in [0.5, 0.6) is 0 Å². The van der Waals surface area contributed by atoms with E-state index in [1.165, 1.54) is 12.1 Å². The summed E-state index contributed by atoms with van der Waals surface area (Å²) in [7, 11) is 0. The van der Waals surface area contributed by atoms with Crippen LogP contribution in [0.4, 0.5) is 27.1 Å². The lowest BCUT2D eigenvalue weighted by molar-refractivity contribution is 0.102. The van der Waals surface area contributed by atoms with E-state index in [-0.39, 0.29) is 16.5 Å². The highest BCUT2D eigenvalue weighted by molar-refractivity contribution is 6.34. The highest BCUT2D eigenvalue weighted by atomic mass is 35.5. The lowest BCUT2D eigenvalue weighted by Gasteiger charge is -2.13. The van der Waals surface area contributed by atoms with E-state index in [1.807, 2.05) is 13.0 Å². The van der Waals surface area contributed by atoms with Crippen LogP contribution in [0.3, 0.4) is 0 Å². The molecule has 0 heterocycles. The summed E-state index contributed by atoms with van der Waals surface area (Å²) in [6, 6.07) is 14.5. The first-order valence-corrected chi connectivity index (χ1v) is 8.79. The number of hydrogen-bond donors (Lipinski definition) is 3. The van der Waals surface area contributed by atoms with Crippen molar-refractivity contribution >= 4 is 51.9 Å². The highest BCUT2D eigenvalue weighted by Gasteiger charge is 2.14. The molecule has 0 aromatic heterocycles. The predicted molar refractivity (Wildman–Crippen MR) is 110 cm³/mol. The molecule has 4 N–H and O–H groups in total. The fourth-order valence-corrected chi connectivity index (χ4v) is 2.99. The molecule has 3 rings (SSSR count). The number of nitrogens with one attached hydrogen (secondary N) is 2. The number of rotatable bonds is 4. The van der Waals surface area contributed by atoms with Crippen molar-refractivity contribution in [2.24, 2.45) is 0 Å². The van der Waals surface area contributed by atoms with Crippen LogP contribution in [-0.4, -0.2) is 5.91 Å². The minimum atomic E-state index is -0.505. The summed E-state index contributed by atoms with van der Waals surface area (Å²) >= 11 is 12.0. The van der Waals surface area contributed by atoms with Crippen LogP contribution in [0, 0.1) is 12.7 Å². The lowest BCUT2D eigenvalue weighted by atomic mass is 10.1. The zero-order valence-corrected chi connectivity index (χ0v) is 15.8. The summed E-state index contributed by atoms with van der Waals surface area (Å²) in [4.78, 5) is 12.7. The van der Waals surface area contributed by atoms with Gasteiger partial charge in [0.15, 0.2) is 0 Å². The zero-order valence-electron chi connectivity index (χ0n) is 14.3. The maximum Gasteiger partial charge on any atom is 0.257 e. The average Bonchev–Trinajstić information content (AvgIpc) is 2.63. The smallest absolute Gasteiger partial charge is 0.257 e. The van der Waals surface area contributed by atoms with E-state index in [9.17, 15) is 9.18 Å². The van der Waals surface area contributed by atoms with Gasteiger partial charge in [0, 0.05) is 17.1 Å². The van der Waals surface area contributed by atoms with Gasteiger partial charge in [0.05, 0.1) is 21.3 Å². The number of aryl methyl sites for hydroxylation is 1. The number of carbonyl (C=O) groups is 1.